The minimum Gasteiger partial charge on any atom is -0.493 e. The number of ether oxygens (including phenoxy) is 2. The minimum atomic E-state index is -0.0884. The first kappa shape index (κ1) is 18.9. The summed E-state index contributed by atoms with van der Waals surface area (Å²) in [5.74, 6) is 1.59. The molecule has 2 aromatic carbocycles. The van der Waals surface area contributed by atoms with Crippen molar-refractivity contribution in [1.29, 1.82) is 0 Å². The van der Waals surface area contributed by atoms with Crippen molar-refractivity contribution < 1.29 is 14.3 Å². The molecule has 2 aliphatic rings. The molecule has 28 heavy (non-hydrogen) atoms. The van der Waals surface area contributed by atoms with E-state index in [4.69, 9.17) is 9.47 Å². The summed E-state index contributed by atoms with van der Waals surface area (Å²) in [5, 5.41) is 3.49. The number of allylic oxidation sites excluding steroid dienone is 1. The van der Waals surface area contributed by atoms with Crippen molar-refractivity contribution in [2.45, 2.75) is 36.8 Å². The maximum Gasteiger partial charge on any atom is 0.162 e. The normalized spacial score (nSPS) is 20.6. The zero-order valence-electron chi connectivity index (χ0n) is 16.7. The molecule has 4 nitrogen and oxygen atoms in total. The highest BCUT2D eigenvalue weighted by Gasteiger charge is 2.39. The zero-order valence-corrected chi connectivity index (χ0v) is 17.5. The number of Topliss-reactive ketones (excluding diaryl/α,β-unsaturated/α-hetero) is 1. The lowest BCUT2D eigenvalue weighted by atomic mass is 9.74. The van der Waals surface area contributed by atoms with Gasteiger partial charge in [0.1, 0.15) is 0 Å². The molecule has 0 bridgehead atoms. The maximum absolute atomic E-state index is 13.2. The summed E-state index contributed by atoms with van der Waals surface area (Å²) >= 11 is 1.72. The molecule has 0 fully saturated rings. The van der Waals surface area contributed by atoms with Crippen LogP contribution in [0.3, 0.4) is 0 Å². The van der Waals surface area contributed by atoms with Crippen LogP contribution in [0.2, 0.25) is 0 Å². The van der Waals surface area contributed by atoms with E-state index in [1.54, 1.807) is 26.0 Å². The number of para-hydroxylation sites is 1. The Balaban J connectivity index is 1.88. The largest absolute Gasteiger partial charge is 0.493 e. The lowest BCUT2D eigenvalue weighted by Crippen LogP contribution is -2.29. The number of methoxy groups -OCH3 is 2. The van der Waals surface area contributed by atoms with E-state index < -0.39 is 0 Å². The molecule has 0 aromatic heterocycles. The van der Waals surface area contributed by atoms with Crippen molar-refractivity contribution in [2.24, 2.45) is 5.41 Å². The number of ketones is 1. The van der Waals surface area contributed by atoms with Crippen LogP contribution >= 0.6 is 11.8 Å². The van der Waals surface area contributed by atoms with E-state index in [0.29, 0.717) is 17.9 Å². The molecule has 0 amide bonds. The van der Waals surface area contributed by atoms with Crippen LogP contribution in [0, 0.1) is 5.41 Å². The third-order valence-electron chi connectivity index (χ3n) is 5.31. The number of thioether (sulfide) groups is 1. The second kappa shape index (κ2) is 7.21. The first-order chi connectivity index (χ1) is 13.4. The van der Waals surface area contributed by atoms with Gasteiger partial charge in [0.05, 0.1) is 25.2 Å². The van der Waals surface area contributed by atoms with Gasteiger partial charge >= 0.3 is 0 Å². The highest BCUT2D eigenvalue weighted by molar-refractivity contribution is 8.00. The number of hydrogen-bond acceptors (Lipinski definition) is 5. The van der Waals surface area contributed by atoms with E-state index in [1.165, 1.54) is 0 Å². The molecule has 1 N–H and O–H groups in total. The molecule has 2 aromatic rings. The number of benzene rings is 2. The summed E-state index contributed by atoms with van der Waals surface area (Å²) < 4.78 is 10.9. The van der Waals surface area contributed by atoms with Crippen molar-refractivity contribution in [3.63, 3.8) is 0 Å². The third-order valence-corrected chi connectivity index (χ3v) is 6.66. The zero-order chi connectivity index (χ0) is 19.9. The van der Waals surface area contributed by atoms with E-state index in [9.17, 15) is 4.79 Å². The molecule has 0 saturated carbocycles. The van der Waals surface area contributed by atoms with Crippen LogP contribution in [0.4, 0.5) is 5.69 Å². The number of nitrogens with one attached hydrogen (secondary N) is 1. The molecule has 1 aliphatic heterocycles. The van der Waals surface area contributed by atoms with Gasteiger partial charge in [0.15, 0.2) is 17.3 Å². The van der Waals surface area contributed by atoms with Crippen molar-refractivity contribution in [2.75, 3.05) is 19.5 Å². The van der Waals surface area contributed by atoms with Crippen molar-refractivity contribution in [3.8, 4) is 11.5 Å². The fraction of sp³-hybridized carbons (Fsp3) is 0.348. The van der Waals surface area contributed by atoms with Crippen LogP contribution in [0.25, 0.3) is 0 Å². The van der Waals surface area contributed by atoms with Gasteiger partial charge in [0, 0.05) is 22.6 Å². The van der Waals surface area contributed by atoms with Gasteiger partial charge < -0.3 is 14.8 Å². The first-order valence-corrected chi connectivity index (χ1v) is 10.3. The van der Waals surface area contributed by atoms with E-state index >= 15 is 0 Å². The van der Waals surface area contributed by atoms with Crippen LogP contribution in [0.15, 0.2) is 58.6 Å². The van der Waals surface area contributed by atoms with Gasteiger partial charge in [-0.1, -0.05) is 32.0 Å². The Kier molecular flexibility index (Phi) is 4.88. The molecule has 1 heterocycles. The SMILES string of the molecule is COc1ccc(C2Sc3ccccc3NC3=C2C(=O)CC(C)(C)C3)cc1OC. The van der Waals surface area contributed by atoms with Gasteiger partial charge in [-0.15, -0.1) is 11.8 Å². The molecule has 1 aliphatic carbocycles. The Morgan fingerprint density at radius 2 is 1.79 bits per heavy atom. The van der Waals surface area contributed by atoms with Crippen molar-refractivity contribution in [1.82, 2.24) is 0 Å². The summed E-state index contributed by atoms with van der Waals surface area (Å²) in [7, 11) is 3.27. The molecule has 146 valence electrons. The van der Waals surface area contributed by atoms with Gasteiger partial charge in [0.25, 0.3) is 0 Å². The van der Waals surface area contributed by atoms with Crippen molar-refractivity contribution in [3.05, 3.63) is 59.3 Å². The van der Waals surface area contributed by atoms with Gasteiger partial charge in [-0.2, -0.15) is 0 Å². The molecular formula is C23H25NO3S. The topological polar surface area (TPSA) is 47.6 Å². The highest BCUT2D eigenvalue weighted by atomic mass is 32.2. The molecule has 0 spiro atoms. The van der Waals surface area contributed by atoms with E-state index in [0.717, 1.165) is 33.8 Å². The second-order valence-electron chi connectivity index (χ2n) is 8.07. The highest BCUT2D eigenvalue weighted by Crippen LogP contribution is 2.52. The van der Waals surface area contributed by atoms with Crippen LogP contribution in [0.1, 0.15) is 37.5 Å². The smallest absolute Gasteiger partial charge is 0.162 e. The van der Waals surface area contributed by atoms with Gasteiger partial charge in [-0.05, 0) is 41.7 Å². The summed E-state index contributed by atoms with van der Waals surface area (Å²) in [6.07, 6.45) is 1.42. The summed E-state index contributed by atoms with van der Waals surface area (Å²) in [6.45, 7) is 4.32. The number of anilines is 1. The van der Waals surface area contributed by atoms with Gasteiger partial charge in [0.2, 0.25) is 0 Å². The molecule has 1 atom stereocenters. The van der Waals surface area contributed by atoms with E-state index in [2.05, 4.69) is 31.3 Å². The van der Waals surface area contributed by atoms with E-state index in [1.807, 2.05) is 30.3 Å². The van der Waals surface area contributed by atoms with E-state index in [-0.39, 0.29) is 16.4 Å². The lowest BCUT2D eigenvalue weighted by Gasteiger charge is -2.34. The summed E-state index contributed by atoms with van der Waals surface area (Å²) in [4.78, 5) is 14.4. The monoisotopic (exact) mass is 395 g/mol. The molecule has 4 rings (SSSR count). The van der Waals surface area contributed by atoms with Crippen LogP contribution < -0.4 is 14.8 Å². The molecular weight excluding hydrogens is 370 g/mol. The molecule has 5 heteroatoms. The first-order valence-electron chi connectivity index (χ1n) is 9.43. The Morgan fingerprint density at radius 3 is 2.54 bits per heavy atom. The minimum absolute atomic E-state index is 0.0466. The number of carbonyl (C=O) groups excluding carboxylic acids is 1. The fourth-order valence-electron chi connectivity index (χ4n) is 4.02. The quantitative estimate of drug-likeness (QED) is 0.732. The number of fused-ring (bicyclic) bond motifs is 1. The van der Waals surface area contributed by atoms with Gasteiger partial charge in [-0.25, -0.2) is 0 Å². The lowest BCUT2D eigenvalue weighted by molar-refractivity contribution is -0.118. The van der Waals surface area contributed by atoms with Crippen LogP contribution in [-0.4, -0.2) is 20.0 Å². The number of hydrogen-bond donors (Lipinski definition) is 1. The molecule has 1 unspecified atom stereocenters. The molecule has 0 radical (unpaired) electrons. The third kappa shape index (κ3) is 3.39. The average molecular weight is 396 g/mol. The Hall–Kier alpha value is -2.40. The predicted molar refractivity (Wildman–Crippen MR) is 113 cm³/mol. The number of carbonyl (C=O) groups is 1. The van der Waals surface area contributed by atoms with Crippen molar-refractivity contribution >= 4 is 23.2 Å². The Bertz CT molecular complexity index is 964. The Morgan fingerprint density at radius 1 is 1.04 bits per heavy atom. The average Bonchev–Trinajstić information content (AvgIpc) is 2.82. The van der Waals surface area contributed by atoms with Gasteiger partial charge in [-0.3, -0.25) is 4.79 Å². The number of rotatable bonds is 3. The summed E-state index contributed by atoms with van der Waals surface area (Å²) in [5.41, 5.74) is 3.98. The fourth-order valence-corrected chi connectivity index (χ4v) is 5.35. The van der Waals surface area contributed by atoms with Crippen LogP contribution in [0.5, 0.6) is 11.5 Å². The second-order valence-corrected chi connectivity index (χ2v) is 9.21. The Labute approximate surface area is 170 Å². The maximum atomic E-state index is 13.2. The standard InChI is InChI=1S/C23H25NO3S/c1-23(2)12-16-21(17(25)13-23)22(28-20-8-6-5-7-15(20)24-16)14-9-10-18(26-3)19(11-14)27-4/h5-11,22,24H,12-13H2,1-4H3. The molecule has 0 saturated heterocycles. The predicted octanol–water partition coefficient (Wildman–Crippen LogP) is 5.61. The summed E-state index contributed by atoms with van der Waals surface area (Å²) in [6, 6.07) is 14.2. The van der Waals surface area contributed by atoms with Crippen LogP contribution in [-0.2, 0) is 4.79 Å².